The molecular formula is C13H16N2O2. The van der Waals surface area contributed by atoms with Crippen molar-refractivity contribution in [3.63, 3.8) is 0 Å². The Morgan fingerprint density at radius 3 is 2.53 bits per heavy atom. The second-order valence-electron chi connectivity index (χ2n) is 4.25. The van der Waals surface area contributed by atoms with Gasteiger partial charge in [0, 0.05) is 12.2 Å². The van der Waals surface area contributed by atoms with Crippen LogP contribution in [0, 0.1) is 5.92 Å². The van der Waals surface area contributed by atoms with Crippen molar-refractivity contribution in [3.05, 3.63) is 29.8 Å². The van der Waals surface area contributed by atoms with Crippen LogP contribution in [0.5, 0.6) is 0 Å². The molecule has 0 aliphatic carbocycles. The average molecular weight is 232 g/mol. The number of anilines is 1. The summed E-state index contributed by atoms with van der Waals surface area (Å²) in [6.45, 7) is 2.65. The number of primary amides is 1. The molecule has 1 aromatic carbocycles. The number of rotatable bonds is 3. The summed E-state index contributed by atoms with van der Waals surface area (Å²) in [6, 6.07) is 7.83. The molecule has 1 aliphatic heterocycles. The number of carbonyl (C=O) groups is 2. The van der Waals surface area contributed by atoms with Crippen molar-refractivity contribution in [3.8, 4) is 0 Å². The molecule has 0 spiro atoms. The molecule has 1 aromatic rings. The fourth-order valence-electron chi connectivity index (χ4n) is 2.11. The van der Waals surface area contributed by atoms with Crippen LogP contribution in [0.2, 0.25) is 0 Å². The maximum Gasteiger partial charge on any atom is 0.239 e. The Balaban J connectivity index is 2.18. The van der Waals surface area contributed by atoms with Gasteiger partial charge in [0.15, 0.2) is 0 Å². The first-order valence-corrected chi connectivity index (χ1v) is 5.83. The zero-order valence-electron chi connectivity index (χ0n) is 9.85. The molecule has 2 rings (SSSR count). The Labute approximate surface area is 100 Å². The molecule has 4 nitrogen and oxygen atoms in total. The van der Waals surface area contributed by atoms with E-state index < -0.39 is 11.8 Å². The van der Waals surface area contributed by atoms with Gasteiger partial charge in [0.1, 0.15) is 5.92 Å². The van der Waals surface area contributed by atoms with E-state index in [2.05, 4.69) is 6.92 Å². The van der Waals surface area contributed by atoms with E-state index in [1.165, 1.54) is 5.56 Å². The molecule has 0 aromatic heterocycles. The Morgan fingerprint density at radius 1 is 1.41 bits per heavy atom. The van der Waals surface area contributed by atoms with E-state index in [9.17, 15) is 9.59 Å². The first-order chi connectivity index (χ1) is 8.13. The lowest BCUT2D eigenvalue weighted by atomic mass is 10.1. The normalized spacial score (nSPS) is 19.7. The van der Waals surface area contributed by atoms with Gasteiger partial charge in [-0.2, -0.15) is 0 Å². The number of hydrogen-bond donors (Lipinski definition) is 1. The van der Waals surface area contributed by atoms with Crippen LogP contribution < -0.4 is 10.6 Å². The third kappa shape index (κ3) is 2.16. The molecule has 2 amide bonds. The largest absolute Gasteiger partial charge is 0.369 e. The van der Waals surface area contributed by atoms with Crippen molar-refractivity contribution in [2.75, 3.05) is 11.4 Å². The molecule has 1 aliphatic rings. The highest BCUT2D eigenvalue weighted by Gasteiger charge is 2.36. The molecule has 1 fully saturated rings. The van der Waals surface area contributed by atoms with Gasteiger partial charge in [-0.25, -0.2) is 0 Å². The topological polar surface area (TPSA) is 63.4 Å². The monoisotopic (exact) mass is 232 g/mol. The number of nitrogens with zero attached hydrogens (tertiary/aromatic N) is 1. The van der Waals surface area contributed by atoms with E-state index in [1.807, 2.05) is 24.3 Å². The number of carbonyl (C=O) groups excluding carboxylic acids is 2. The summed E-state index contributed by atoms with van der Waals surface area (Å²) in [7, 11) is 0. The summed E-state index contributed by atoms with van der Waals surface area (Å²) in [4.78, 5) is 24.6. The molecule has 90 valence electrons. The van der Waals surface area contributed by atoms with Crippen LogP contribution in [-0.2, 0) is 16.0 Å². The van der Waals surface area contributed by atoms with Gasteiger partial charge in [0.25, 0.3) is 0 Å². The second-order valence-corrected chi connectivity index (χ2v) is 4.25. The van der Waals surface area contributed by atoms with Crippen molar-refractivity contribution >= 4 is 17.5 Å². The number of amides is 2. The minimum atomic E-state index is -0.652. The summed E-state index contributed by atoms with van der Waals surface area (Å²) in [5.41, 5.74) is 7.26. The van der Waals surface area contributed by atoms with E-state index >= 15 is 0 Å². The highest BCUT2D eigenvalue weighted by Crippen LogP contribution is 2.25. The average Bonchev–Trinajstić information content (AvgIpc) is 2.71. The molecule has 2 N–H and O–H groups in total. The smallest absolute Gasteiger partial charge is 0.239 e. The lowest BCUT2D eigenvalue weighted by Crippen LogP contribution is -2.33. The minimum absolute atomic E-state index is 0.179. The van der Waals surface area contributed by atoms with Crippen molar-refractivity contribution in [1.29, 1.82) is 0 Å². The van der Waals surface area contributed by atoms with Crippen LogP contribution in [0.25, 0.3) is 0 Å². The second kappa shape index (κ2) is 4.57. The molecule has 0 bridgehead atoms. The number of aryl methyl sites for hydroxylation is 1. The van der Waals surface area contributed by atoms with Crippen molar-refractivity contribution < 1.29 is 9.59 Å². The quantitative estimate of drug-likeness (QED) is 0.793. The van der Waals surface area contributed by atoms with Crippen LogP contribution in [0.3, 0.4) is 0 Å². The van der Waals surface area contributed by atoms with Crippen molar-refractivity contribution in [2.24, 2.45) is 11.7 Å². The van der Waals surface area contributed by atoms with Gasteiger partial charge < -0.3 is 10.6 Å². The summed E-state index contributed by atoms with van der Waals surface area (Å²) in [6.07, 6.45) is 1.49. The standard InChI is InChI=1S/C13H16N2O2/c1-2-9-3-5-10(6-4-9)15-8-7-11(12(14)16)13(15)17/h3-6,11H,2,7-8H2,1H3,(H2,14,16). The van der Waals surface area contributed by atoms with E-state index in [-0.39, 0.29) is 5.91 Å². The molecular weight excluding hydrogens is 216 g/mol. The molecule has 4 heteroatoms. The summed E-state index contributed by atoms with van der Waals surface area (Å²) < 4.78 is 0. The third-order valence-electron chi connectivity index (χ3n) is 3.21. The highest BCUT2D eigenvalue weighted by molar-refractivity contribution is 6.09. The zero-order chi connectivity index (χ0) is 12.4. The van der Waals surface area contributed by atoms with E-state index in [0.717, 1.165) is 12.1 Å². The van der Waals surface area contributed by atoms with Crippen LogP contribution in [0.4, 0.5) is 5.69 Å². The summed E-state index contributed by atoms with van der Waals surface area (Å²) in [5.74, 6) is -1.36. The van der Waals surface area contributed by atoms with Gasteiger partial charge in [-0.15, -0.1) is 0 Å². The predicted molar refractivity (Wildman–Crippen MR) is 65.5 cm³/mol. The van der Waals surface area contributed by atoms with E-state index in [0.29, 0.717) is 13.0 Å². The van der Waals surface area contributed by atoms with E-state index in [4.69, 9.17) is 5.73 Å². The zero-order valence-corrected chi connectivity index (χ0v) is 9.85. The molecule has 0 saturated carbocycles. The third-order valence-corrected chi connectivity index (χ3v) is 3.21. The van der Waals surface area contributed by atoms with Crippen LogP contribution >= 0.6 is 0 Å². The Morgan fingerprint density at radius 2 is 2.06 bits per heavy atom. The van der Waals surface area contributed by atoms with Crippen LogP contribution in [-0.4, -0.2) is 18.4 Å². The first-order valence-electron chi connectivity index (χ1n) is 5.83. The maximum atomic E-state index is 11.9. The Kier molecular flexibility index (Phi) is 3.13. The Bertz CT molecular complexity index is 439. The Hall–Kier alpha value is -1.84. The lowest BCUT2D eigenvalue weighted by molar-refractivity contribution is -0.130. The fraction of sp³-hybridized carbons (Fsp3) is 0.385. The SMILES string of the molecule is CCc1ccc(N2CCC(C(N)=O)C2=O)cc1. The summed E-state index contributed by atoms with van der Waals surface area (Å²) >= 11 is 0. The predicted octanol–water partition coefficient (Wildman–Crippen LogP) is 1.09. The number of hydrogen-bond acceptors (Lipinski definition) is 2. The van der Waals surface area contributed by atoms with Gasteiger partial charge in [-0.3, -0.25) is 9.59 Å². The van der Waals surface area contributed by atoms with Gasteiger partial charge in [0.05, 0.1) is 0 Å². The molecule has 1 unspecified atom stereocenters. The van der Waals surface area contributed by atoms with Crippen LogP contribution in [0.1, 0.15) is 18.9 Å². The highest BCUT2D eigenvalue weighted by atomic mass is 16.2. The van der Waals surface area contributed by atoms with Gasteiger partial charge >= 0.3 is 0 Å². The number of benzene rings is 1. The summed E-state index contributed by atoms with van der Waals surface area (Å²) in [5, 5.41) is 0. The van der Waals surface area contributed by atoms with Gasteiger partial charge in [0.2, 0.25) is 11.8 Å². The number of nitrogens with two attached hydrogens (primary N) is 1. The fourth-order valence-corrected chi connectivity index (χ4v) is 2.11. The van der Waals surface area contributed by atoms with Crippen molar-refractivity contribution in [1.82, 2.24) is 0 Å². The maximum absolute atomic E-state index is 11.9. The first kappa shape index (κ1) is 11.6. The molecule has 1 saturated heterocycles. The van der Waals surface area contributed by atoms with Crippen LogP contribution in [0.15, 0.2) is 24.3 Å². The molecule has 17 heavy (non-hydrogen) atoms. The van der Waals surface area contributed by atoms with E-state index in [1.54, 1.807) is 4.90 Å². The van der Waals surface area contributed by atoms with Crippen molar-refractivity contribution in [2.45, 2.75) is 19.8 Å². The molecule has 1 atom stereocenters. The molecule has 0 radical (unpaired) electrons. The lowest BCUT2D eigenvalue weighted by Gasteiger charge is -2.16. The van der Waals surface area contributed by atoms with Gasteiger partial charge in [-0.1, -0.05) is 19.1 Å². The molecule has 1 heterocycles. The minimum Gasteiger partial charge on any atom is -0.369 e. The van der Waals surface area contributed by atoms with Gasteiger partial charge in [-0.05, 0) is 30.5 Å².